The van der Waals surface area contributed by atoms with Crippen LogP contribution in [0.2, 0.25) is 0 Å². The smallest absolute Gasteiger partial charge is 0.170 e. The van der Waals surface area contributed by atoms with Crippen molar-refractivity contribution >= 4 is 22.4 Å². The van der Waals surface area contributed by atoms with Crippen molar-refractivity contribution in [2.24, 2.45) is 0 Å². The molecule has 7 heteroatoms. The fraction of sp³-hybridized carbons (Fsp3) is 0.440. The molecular formula is C25H30FN3O3. The van der Waals surface area contributed by atoms with Crippen molar-refractivity contribution in [2.45, 2.75) is 32.1 Å². The zero-order chi connectivity index (χ0) is 22.7. The first kappa shape index (κ1) is 22.3. The Balaban J connectivity index is 1.24. The standard InChI is InChI=1S/C25H30FN3O3/c1-17(30)21-8-6-20(16-23(21)28(2)3)31-14-4-11-29-12-9-18(10-13-29)25-22-7-5-19(26)15-24(22)32-27-25/h5-8,15-16,18H,4,9-14H2,1-3H3. The summed E-state index contributed by atoms with van der Waals surface area (Å²) in [7, 11) is 3.85. The van der Waals surface area contributed by atoms with Crippen molar-refractivity contribution in [2.75, 3.05) is 45.2 Å². The monoisotopic (exact) mass is 439 g/mol. The van der Waals surface area contributed by atoms with Gasteiger partial charge in [-0.2, -0.15) is 0 Å². The Morgan fingerprint density at radius 2 is 2.00 bits per heavy atom. The maximum absolute atomic E-state index is 13.4. The van der Waals surface area contributed by atoms with Crippen LogP contribution in [0.3, 0.4) is 0 Å². The van der Waals surface area contributed by atoms with Gasteiger partial charge in [-0.25, -0.2) is 4.39 Å². The summed E-state index contributed by atoms with van der Waals surface area (Å²) in [5.41, 5.74) is 3.05. The Bertz CT molecular complexity index is 1090. The number of aromatic nitrogens is 1. The van der Waals surface area contributed by atoms with E-state index in [4.69, 9.17) is 9.26 Å². The van der Waals surface area contributed by atoms with E-state index in [1.807, 2.05) is 37.2 Å². The second-order valence-electron chi connectivity index (χ2n) is 8.66. The van der Waals surface area contributed by atoms with Gasteiger partial charge in [0.05, 0.1) is 18.0 Å². The molecule has 0 radical (unpaired) electrons. The molecule has 1 aliphatic heterocycles. The van der Waals surface area contributed by atoms with Crippen molar-refractivity contribution in [1.29, 1.82) is 0 Å². The van der Waals surface area contributed by atoms with Crippen molar-refractivity contribution in [1.82, 2.24) is 10.1 Å². The van der Waals surface area contributed by atoms with E-state index in [0.717, 1.165) is 61.4 Å². The number of halogens is 1. The Morgan fingerprint density at radius 1 is 1.22 bits per heavy atom. The van der Waals surface area contributed by atoms with Gasteiger partial charge in [-0.3, -0.25) is 4.79 Å². The molecule has 0 saturated carbocycles. The summed E-state index contributed by atoms with van der Waals surface area (Å²) in [5.74, 6) is 0.879. The number of carbonyl (C=O) groups excluding carboxylic acids is 1. The average Bonchev–Trinajstić information content (AvgIpc) is 3.20. The number of ether oxygens (including phenoxy) is 1. The molecule has 6 nitrogen and oxygen atoms in total. The van der Waals surface area contributed by atoms with Crippen LogP contribution < -0.4 is 9.64 Å². The van der Waals surface area contributed by atoms with Gasteiger partial charge < -0.3 is 19.1 Å². The van der Waals surface area contributed by atoms with Crippen LogP contribution in [-0.2, 0) is 0 Å². The molecule has 32 heavy (non-hydrogen) atoms. The predicted molar refractivity (Wildman–Crippen MR) is 123 cm³/mol. The van der Waals surface area contributed by atoms with E-state index in [1.165, 1.54) is 12.1 Å². The molecule has 1 aliphatic rings. The van der Waals surface area contributed by atoms with Gasteiger partial charge >= 0.3 is 0 Å². The van der Waals surface area contributed by atoms with E-state index >= 15 is 0 Å². The van der Waals surface area contributed by atoms with Gasteiger partial charge in [0.2, 0.25) is 0 Å². The minimum atomic E-state index is -0.301. The lowest BCUT2D eigenvalue weighted by molar-refractivity contribution is 0.101. The summed E-state index contributed by atoms with van der Waals surface area (Å²) >= 11 is 0. The van der Waals surface area contributed by atoms with E-state index in [-0.39, 0.29) is 11.6 Å². The lowest BCUT2D eigenvalue weighted by Gasteiger charge is -2.31. The zero-order valence-electron chi connectivity index (χ0n) is 18.9. The van der Waals surface area contributed by atoms with E-state index in [0.29, 0.717) is 23.7 Å². The number of carbonyl (C=O) groups is 1. The Kier molecular flexibility index (Phi) is 6.74. The third-order valence-electron chi connectivity index (χ3n) is 6.15. The molecule has 1 fully saturated rings. The molecule has 3 aromatic rings. The minimum Gasteiger partial charge on any atom is -0.493 e. The summed E-state index contributed by atoms with van der Waals surface area (Å²) < 4.78 is 24.7. The molecule has 1 saturated heterocycles. The molecule has 0 N–H and O–H groups in total. The fourth-order valence-electron chi connectivity index (χ4n) is 4.40. The molecule has 0 atom stereocenters. The molecule has 2 heterocycles. The highest BCUT2D eigenvalue weighted by Crippen LogP contribution is 2.33. The van der Waals surface area contributed by atoms with Gasteiger partial charge in [-0.05, 0) is 63.5 Å². The number of ketones is 1. The van der Waals surface area contributed by atoms with Crippen molar-refractivity contribution < 1.29 is 18.4 Å². The Hall–Kier alpha value is -2.93. The highest BCUT2D eigenvalue weighted by Gasteiger charge is 2.25. The highest BCUT2D eigenvalue weighted by atomic mass is 19.1. The summed E-state index contributed by atoms with van der Waals surface area (Å²) in [4.78, 5) is 16.2. The third kappa shape index (κ3) is 4.93. The van der Waals surface area contributed by atoms with Crippen LogP contribution in [-0.4, -0.2) is 56.2 Å². The van der Waals surface area contributed by atoms with Crippen LogP contribution in [0.1, 0.15) is 48.2 Å². The summed E-state index contributed by atoms with van der Waals surface area (Å²) in [6, 6.07) is 10.3. The lowest BCUT2D eigenvalue weighted by Crippen LogP contribution is -2.34. The van der Waals surface area contributed by atoms with Crippen molar-refractivity contribution in [3.8, 4) is 5.75 Å². The number of nitrogens with zero attached hydrogens (tertiary/aromatic N) is 3. The van der Waals surface area contributed by atoms with E-state index in [9.17, 15) is 9.18 Å². The molecule has 2 aromatic carbocycles. The fourth-order valence-corrected chi connectivity index (χ4v) is 4.40. The molecular weight excluding hydrogens is 409 g/mol. The maximum atomic E-state index is 13.4. The van der Waals surface area contributed by atoms with Crippen LogP contribution in [0.15, 0.2) is 40.9 Å². The van der Waals surface area contributed by atoms with Gasteiger partial charge in [0.15, 0.2) is 11.4 Å². The van der Waals surface area contributed by atoms with Crippen molar-refractivity contribution in [3.63, 3.8) is 0 Å². The summed E-state index contributed by atoms with van der Waals surface area (Å²) in [5, 5.41) is 5.15. The van der Waals surface area contributed by atoms with E-state index < -0.39 is 0 Å². The SMILES string of the molecule is CC(=O)c1ccc(OCCCN2CCC(c3noc4cc(F)ccc34)CC2)cc1N(C)C. The Labute approximate surface area is 187 Å². The number of benzene rings is 2. The molecule has 170 valence electrons. The van der Waals surface area contributed by atoms with Crippen LogP contribution in [0, 0.1) is 5.82 Å². The second kappa shape index (κ2) is 9.69. The normalized spacial score (nSPS) is 15.2. The molecule has 0 amide bonds. The number of fused-ring (bicyclic) bond motifs is 1. The zero-order valence-corrected chi connectivity index (χ0v) is 18.9. The van der Waals surface area contributed by atoms with Crippen LogP contribution in [0.5, 0.6) is 5.75 Å². The van der Waals surface area contributed by atoms with Gasteiger partial charge in [0, 0.05) is 49.6 Å². The lowest BCUT2D eigenvalue weighted by atomic mass is 9.91. The number of hydrogen-bond acceptors (Lipinski definition) is 6. The largest absolute Gasteiger partial charge is 0.493 e. The summed E-state index contributed by atoms with van der Waals surface area (Å²) in [6.07, 6.45) is 2.96. The Morgan fingerprint density at radius 3 is 2.72 bits per heavy atom. The van der Waals surface area contributed by atoms with Crippen LogP contribution in [0.25, 0.3) is 11.0 Å². The predicted octanol–water partition coefficient (Wildman–Crippen LogP) is 4.88. The van der Waals surface area contributed by atoms with E-state index in [1.54, 1.807) is 13.0 Å². The number of Topliss-reactive ketones (excluding diaryl/α,β-unsaturated/α-hetero) is 1. The van der Waals surface area contributed by atoms with Gasteiger partial charge in [-0.15, -0.1) is 0 Å². The van der Waals surface area contributed by atoms with Gasteiger partial charge in [-0.1, -0.05) is 5.16 Å². The maximum Gasteiger partial charge on any atom is 0.170 e. The second-order valence-corrected chi connectivity index (χ2v) is 8.66. The van der Waals surface area contributed by atoms with Gasteiger partial charge in [0.25, 0.3) is 0 Å². The first-order chi connectivity index (χ1) is 15.4. The molecule has 4 rings (SSSR count). The van der Waals surface area contributed by atoms with Crippen molar-refractivity contribution in [3.05, 3.63) is 53.5 Å². The number of anilines is 1. The van der Waals surface area contributed by atoms with E-state index in [2.05, 4.69) is 10.1 Å². The van der Waals surface area contributed by atoms with Crippen LogP contribution in [0.4, 0.5) is 10.1 Å². The molecule has 0 spiro atoms. The molecule has 0 unspecified atom stereocenters. The highest BCUT2D eigenvalue weighted by molar-refractivity contribution is 6.00. The third-order valence-corrected chi connectivity index (χ3v) is 6.15. The topological polar surface area (TPSA) is 58.8 Å². The number of rotatable bonds is 8. The molecule has 1 aromatic heterocycles. The first-order valence-corrected chi connectivity index (χ1v) is 11.1. The number of piperidine rings is 1. The van der Waals surface area contributed by atoms with Crippen LogP contribution >= 0.6 is 0 Å². The molecule has 0 bridgehead atoms. The summed E-state index contributed by atoms with van der Waals surface area (Å²) in [6.45, 7) is 5.18. The number of hydrogen-bond donors (Lipinski definition) is 0. The quantitative estimate of drug-likeness (QED) is 0.368. The number of likely N-dealkylation sites (tertiary alicyclic amines) is 1. The van der Waals surface area contributed by atoms with Gasteiger partial charge in [0.1, 0.15) is 11.6 Å². The minimum absolute atomic E-state index is 0.0504. The first-order valence-electron chi connectivity index (χ1n) is 11.1. The molecule has 0 aliphatic carbocycles. The average molecular weight is 440 g/mol.